The topological polar surface area (TPSA) is 92.0 Å². The number of methoxy groups -OCH3 is 1. The van der Waals surface area contributed by atoms with Gasteiger partial charge in [-0.3, -0.25) is 4.98 Å². The van der Waals surface area contributed by atoms with E-state index in [4.69, 9.17) is 9.47 Å². The predicted octanol–water partition coefficient (Wildman–Crippen LogP) is 1.91. The van der Waals surface area contributed by atoms with Crippen LogP contribution >= 0.6 is 11.8 Å². The summed E-state index contributed by atoms with van der Waals surface area (Å²) in [7, 11) is 1.66. The van der Waals surface area contributed by atoms with Gasteiger partial charge in [-0.2, -0.15) is 0 Å². The number of ether oxygens (including phenoxy) is 2. The quantitative estimate of drug-likeness (QED) is 0.749. The molecule has 1 aliphatic rings. The van der Waals surface area contributed by atoms with Crippen molar-refractivity contribution >= 4 is 11.8 Å². The van der Waals surface area contributed by atoms with Crippen molar-refractivity contribution < 1.29 is 24.8 Å². The molecule has 1 aliphatic heterocycles. The summed E-state index contributed by atoms with van der Waals surface area (Å²) >= 11 is 1.26. The smallest absolute Gasteiger partial charge is 0.173 e. The molecule has 6 nitrogen and oxygen atoms in total. The summed E-state index contributed by atoms with van der Waals surface area (Å²) in [4.78, 5) is 4.23. The molecular weight excluding hydrogens is 354 g/mol. The Morgan fingerprint density at radius 1 is 1.00 bits per heavy atom. The number of hydrogen-bond acceptors (Lipinski definition) is 7. The van der Waals surface area contributed by atoms with Crippen molar-refractivity contribution in [2.75, 3.05) is 12.9 Å². The molecule has 26 heavy (non-hydrogen) atoms. The van der Waals surface area contributed by atoms with Crippen LogP contribution in [0, 0.1) is 13.8 Å². The highest BCUT2D eigenvalue weighted by molar-refractivity contribution is 7.99. The number of pyridine rings is 1. The Labute approximate surface area is 156 Å². The maximum Gasteiger partial charge on any atom is 0.173 e. The lowest BCUT2D eigenvalue weighted by Crippen LogP contribution is -2.50. The van der Waals surface area contributed by atoms with E-state index in [1.165, 1.54) is 11.8 Å². The van der Waals surface area contributed by atoms with Gasteiger partial charge in [0.1, 0.15) is 23.7 Å². The second-order valence-corrected chi connectivity index (χ2v) is 7.55. The molecular formula is C19H23NO5S. The maximum atomic E-state index is 10.1. The zero-order chi connectivity index (χ0) is 18.8. The minimum atomic E-state index is -1.22. The van der Waals surface area contributed by atoms with Crippen molar-refractivity contribution in [1.29, 1.82) is 0 Å². The molecule has 0 amide bonds. The van der Waals surface area contributed by atoms with Gasteiger partial charge in [0.15, 0.2) is 5.44 Å². The molecule has 1 aromatic heterocycles. The predicted molar refractivity (Wildman–Crippen MR) is 101 cm³/mol. The minimum absolute atomic E-state index is 0.298. The molecule has 3 rings (SSSR count). The van der Waals surface area contributed by atoms with Crippen LogP contribution < -0.4 is 9.47 Å². The molecule has 1 aromatic carbocycles. The fourth-order valence-corrected chi connectivity index (χ4v) is 4.22. The SMILES string of the molecule is COc1c(C)cc(-c2cncc(O[C@H]3SC[C@@H](O)[C@H](O)[C@H]3O)c2)cc1C. The Morgan fingerprint density at radius 3 is 2.35 bits per heavy atom. The number of aryl methyl sites for hydroxylation is 2. The van der Waals surface area contributed by atoms with E-state index in [2.05, 4.69) is 4.98 Å². The summed E-state index contributed by atoms with van der Waals surface area (Å²) in [6.07, 6.45) is -0.0275. The van der Waals surface area contributed by atoms with Crippen molar-refractivity contribution in [3.8, 4) is 22.6 Å². The molecule has 0 spiro atoms. The highest BCUT2D eigenvalue weighted by atomic mass is 32.2. The molecule has 0 saturated carbocycles. The van der Waals surface area contributed by atoms with E-state index in [9.17, 15) is 15.3 Å². The Bertz CT molecular complexity index is 761. The standard InChI is InChI=1S/C19H23NO5S/c1-10-4-12(5-11(2)18(10)24-3)13-6-14(8-20-7-13)25-19-17(23)16(22)15(21)9-26-19/h4-8,15-17,19,21-23H,9H2,1-3H3/t15-,16+,17-,19+/m1/s1. The number of aliphatic hydroxyl groups excluding tert-OH is 3. The molecule has 2 aromatic rings. The van der Waals surface area contributed by atoms with E-state index in [-0.39, 0.29) is 0 Å². The largest absolute Gasteiger partial charge is 0.496 e. The van der Waals surface area contributed by atoms with Gasteiger partial charge in [-0.15, -0.1) is 11.8 Å². The molecule has 1 saturated heterocycles. The third-order valence-electron chi connectivity index (χ3n) is 4.42. The molecule has 0 unspecified atom stereocenters. The van der Waals surface area contributed by atoms with Crippen LogP contribution in [0.5, 0.6) is 11.5 Å². The first-order valence-corrected chi connectivity index (χ1v) is 9.38. The summed E-state index contributed by atoms with van der Waals surface area (Å²) in [5.41, 5.74) is 3.27. The van der Waals surface area contributed by atoms with E-state index in [0.717, 1.165) is 28.0 Å². The Kier molecular flexibility index (Phi) is 5.72. The summed E-state index contributed by atoms with van der Waals surface area (Å²) in [6.45, 7) is 3.98. The Morgan fingerprint density at radius 2 is 1.69 bits per heavy atom. The fraction of sp³-hybridized carbons (Fsp3) is 0.421. The molecule has 140 valence electrons. The van der Waals surface area contributed by atoms with Gasteiger partial charge in [0.2, 0.25) is 0 Å². The Balaban J connectivity index is 1.83. The lowest BCUT2D eigenvalue weighted by molar-refractivity contribution is -0.0786. The van der Waals surface area contributed by atoms with Crippen LogP contribution in [0.4, 0.5) is 0 Å². The third-order valence-corrected chi connectivity index (χ3v) is 5.66. The zero-order valence-corrected chi connectivity index (χ0v) is 15.7. The van der Waals surface area contributed by atoms with Gasteiger partial charge in [-0.25, -0.2) is 0 Å². The number of aliphatic hydroxyl groups is 3. The molecule has 1 fully saturated rings. The van der Waals surface area contributed by atoms with E-state index < -0.39 is 23.7 Å². The van der Waals surface area contributed by atoms with E-state index in [1.807, 2.05) is 32.0 Å². The van der Waals surface area contributed by atoms with Crippen molar-refractivity contribution in [3.05, 3.63) is 41.7 Å². The summed E-state index contributed by atoms with van der Waals surface area (Å²) < 4.78 is 11.2. The number of aromatic nitrogens is 1. The van der Waals surface area contributed by atoms with Gasteiger partial charge in [0.25, 0.3) is 0 Å². The Hall–Kier alpha value is -1.80. The van der Waals surface area contributed by atoms with Crippen LogP contribution in [0.25, 0.3) is 11.1 Å². The average Bonchev–Trinajstić information content (AvgIpc) is 2.62. The summed E-state index contributed by atoms with van der Waals surface area (Å²) in [5, 5.41) is 29.5. The number of benzene rings is 1. The van der Waals surface area contributed by atoms with Crippen molar-refractivity contribution in [1.82, 2.24) is 4.98 Å². The zero-order valence-electron chi connectivity index (χ0n) is 14.9. The number of hydrogen-bond donors (Lipinski definition) is 3. The molecule has 0 aliphatic carbocycles. The second-order valence-electron chi connectivity index (χ2n) is 6.42. The normalized spacial score (nSPS) is 25.8. The average molecular weight is 377 g/mol. The second kappa shape index (κ2) is 7.84. The van der Waals surface area contributed by atoms with Gasteiger partial charge < -0.3 is 24.8 Å². The van der Waals surface area contributed by atoms with E-state index >= 15 is 0 Å². The van der Waals surface area contributed by atoms with Gasteiger partial charge in [0, 0.05) is 17.5 Å². The van der Waals surface area contributed by atoms with E-state index in [1.54, 1.807) is 19.5 Å². The minimum Gasteiger partial charge on any atom is -0.496 e. The number of thioether (sulfide) groups is 1. The maximum absolute atomic E-state index is 10.1. The summed E-state index contributed by atoms with van der Waals surface area (Å²) in [6, 6.07) is 5.90. The number of nitrogens with zero attached hydrogens (tertiary/aromatic N) is 1. The molecule has 4 atom stereocenters. The van der Waals surface area contributed by atoms with E-state index in [0.29, 0.717) is 11.5 Å². The molecule has 0 bridgehead atoms. The monoisotopic (exact) mass is 377 g/mol. The molecule has 0 radical (unpaired) electrons. The summed E-state index contributed by atoms with van der Waals surface area (Å²) in [5.74, 6) is 1.66. The van der Waals surface area contributed by atoms with Crippen LogP contribution in [-0.2, 0) is 0 Å². The first kappa shape index (κ1) is 19.0. The van der Waals surface area contributed by atoms with Gasteiger partial charge in [0.05, 0.1) is 19.4 Å². The van der Waals surface area contributed by atoms with Gasteiger partial charge in [-0.05, 0) is 48.7 Å². The van der Waals surface area contributed by atoms with Crippen LogP contribution in [0.1, 0.15) is 11.1 Å². The van der Waals surface area contributed by atoms with Crippen LogP contribution in [-0.4, -0.2) is 56.9 Å². The van der Waals surface area contributed by atoms with Crippen LogP contribution in [0.3, 0.4) is 0 Å². The van der Waals surface area contributed by atoms with Crippen molar-refractivity contribution in [2.45, 2.75) is 37.6 Å². The van der Waals surface area contributed by atoms with Crippen LogP contribution in [0.2, 0.25) is 0 Å². The third kappa shape index (κ3) is 3.81. The number of rotatable bonds is 4. The first-order chi connectivity index (χ1) is 12.4. The van der Waals surface area contributed by atoms with Crippen LogP contribution in [0.15, 0.2) is 30.6 Å². The molecule has 2 heterocycles. The lowest BCUT2D eigenvalue weighted by Gasteiger charge is -2.34. The lowest BCUT2D eigenvalue weighted by atomic mass is 10.0. The van der Waals surface area contributed by atoms with Crippen molar-refractivity contribution in [2.24, 2.45) is 0 Å². The van der Waals surface area contributed by atoms with Gasteiger partial charge >= 0.3 is 0 Å². The van der Waals surface area contributed by atoms with Crippen molar-refractivity contribution in [3.63, 3.8) is 0 Å². The highest BCUT2D eigenvalue weighted by Crippen LogP contribution is 2.33. The molecule has 7 heteroatoms. The van der Waals surface area contributed by atoms with Gasteiger partial charge in [-0.1, -0.05) is 0 Å². The first-order valence-electron chi connectivity index (χ1n) is 8.34. The molecule has 3 N–H and O–H groups in total. The highest BCUT2D eigenvalue weighted by Gasteiger charge is 2.38. The fourth-order valence-electron chi connectivity index (χ4n) is 3.10.